The molecular weight excluding hydrogens is 228 g/mol. The Balaban J connectivity index is 1.50. The van der Waals surface area contributed by atoms with E-state index in [9.17, 15) is 0 Å². The topological polar surface area (TPSA) is 43.4 Å². The molecule has 4 heteroatoms. The summed E-state index contributed by atoms with van der Waals surface area (Å²) in [6.45, 7) is 3.47. The summed E-state index contributed by atoms with van der Waals surface area (Å²) in [5.74, 6) is 0. The van der Waals surface area contributed by atoms with Gasteiger partial charge in [0.15, 0.2) is 0 Å². The third kappa shape index (κ3) is 2.71. The van der Waals surface area contributed by atoms with Crippen LogP contribution in [0.3, 0.4) is 0 Å². The van der Waals surface area contributed by atoms with Crippen LogP contribution in [0.15, 0.2) is 24.5 Å². The van der Waals surface area contributed by atoms with Crippen molar-refractivity contribution in [2.24, 2.45) is 0 Å². The quantitative estimate of drug-likeness (QED) is 0.880. The largest absolute Gasteiger partial charge is 0.371 e. The van der Waals surface area contributed by atoms with Crippen LogP contribution in [0, 0.1) is 0 Å². The Kier molecular flexibility index (Phi) is 3.59. The van der Waals surface area contributed by atoms with Gasteiger partial charge in [-0.15, -0.1) is 0 Å². The Bertz CT molecular complexity index is 377. The predicted molar refractivity (Wildman–Crippen MR) is 68.2 cm³/mol. The molecule has 2 aliphatic rings. The van der Waals surface area contributed by atoms with Crippen LogP contribution in [0.5, 0.6) is 0 Å². The average Bonchev–Trinajstić information content (AvgIpc) is 2.82. The van der Waals surface area contributed by atoms with Crippen LogP contribution >= 0.6 is 0 Å². The zero-order chi connectivity index (χ0) is 12.3. The van der Waals surface area contributed by atoms with Crippen LogP contribution in [0.2, 0.25) is 0 Å². The molecule has 0 amide bonds. The summed E-state index contributed by atoms with van der Waals surface area (Å²) >= 11 is 0. The Morgan fingerprint density at radius 3 is 3.11 bits per heavy atom. The number of nitrogens with one attached hydrogen (secondary N) is 1. The lowest BCUT2D eigenvalue weighted by atomic mass is 9.90. The van der Waals surface area contributed by atoms with Gasteiger partial charge in [-0.1, -0.05) is 0 Å². The third-order valence-electron chi connectivity index (χ3n) is 3.84. The van der Waals surface area contributed by atoms with Gasteiger partial charge < -0.3 is 14.8 Å². The molecule has 18 heavy (non-hydrogen) atoms. The molecule has 0 aliphatic carbocycles. The minimum Gasteiger partial charge on any atom is -0.371 e. The lowest BCUT2D eigenvalue weighted by Gasteiger charge is -2.32. The highest BCUT2D eigenvalue weighted by Gasteiger charge is 2.41. The van der Waals surface area contributed by atoms with E-state index >= 15 is 0 Å². The zero-order valence-corrected chi connectivity index (χ0v) is 10.6. The van der Waals surface area contributed by atoms with E-state index in [0.717, 1.165) is 32.5 Å². The number of ether oxygens (including phenoxy) is 2. The molecule has 2 saturated heterocycles. The molecule has 1 aromatic rings. The second kappa shape index (κ2) is 5.34. The second-order valence-corrected chi connectivity index (χ2v) is 5.27. The highest BCUT2D eigenvalue weighted by molar-refractivity contribution is 5.08. The Morgan fingerprint density at radius 1 is 1.44 bits per heavy atom. The van der Waals surface area contributed by atoms with Gasteiger partial charge in [0.1, 0.15) is 0 Å². The van der Waals surface area contributed by atoms with E-state index in [1.54, 1.807) is 12.4 Å². The molecule has 0 radical (unpaired) electrons. The molecule has 2 aliphatic heterocycles. The maximum absolute atomic E-state index is 5.98. The minimum absolute atomic E-state index is 0.0428. The van der Waals surface area contributed by atoms with Crippen molar-refractivity contribution in [2.45, 2.75) is 37.6 Å². The molecule has 1 N–H and O–H groups in total. The van der Waals surface area contributed by atoms with Gasteiger partial charge in [-0.05, 0) is 37.1 Å². The van der Waals surface area contributed by atoms with Gasteiger partial charge in [0.05, 0.1) is 24.9 Å². The van der Waals surface area contributed by atoms with Crippen molar-refractivity contribution in [3.63, 3.8) is 0 Å². The highest BCUT2D eigenvalue weighted by atomic mass is 16.6. The first kappa shape index (κ1) is 12.1. The van der Waals surface area contributed by atoms with Crippen molar-refractivity contribution < 1.29 is 9.47 Å². The van der Waals surface area contributed by atoms with Crippen LogP contribution in [0.4, 0.5) is 0 Å². The van der Waals surface area contributed by atoms with Gasteiger partial charge in [0.2, 0.25) is 0 Å². The normalized spacial score (nSPS) is 31.9. The molecule has 2 atom stereocenters. The molecule has 3 heterocycles. The molecule has 3 rings (SSSR count). The van der Waals surface area contributed by atoms with E-state index in [1.165, 1.54) is 12.0 Å². The van der Waals surface area contributed by atoms with E-state index < -0.39 is 0 Å². The number of aromatic nitrogens is 1. The lowest BCUT2D eigenvalue weighted by molar-refractivity contribution is -0.0195. The van der Waals surface area contributed by atoms with Crippen molar-refractivity contribution in [1.82, 2.24) is 10.3 Å². The van der Waals surface area contributed by atoms with Crippen molar-refractivity contribution in [2.75, 3.05) is 19.7 Å². The summed E-state index contributed by atoms with van der Waals surface area (Å²) < 4.78 is 11.9. The van der Waals surface area contributed by atoms with Crippen LogP contribution in [-0.2, 0) is 16.1 Å². The van der Waals surface area contributed by atoms with E-state index in [1.807, 2.05) is 12.1 Å². The molecule has 2 fully saturated rings. The monoisotopic (exact) mass is 248 g/mol. The minimum atomic E-state index is 0.0428. The average molecular weight is 248 g/mol. The van der Waals surface area contributed by atoms with Crippen LogP contribution < -0.4 is 5.32 Å². The van der Waals surface area contributed by atoms with Crippen molar-refractivity contribution in [1.29, 1.82) is 0 Å². The Labute approximate surface area is 108 Å². The summed E-state index contributed by atoms with van der Waals surface area (Å²) in [7, 11) is 0. The first-order valence-corrected chi connectivity index (χ1v) is 6.72. The van der Waals surface area contributed by atoms with E-state index in [0.29, 0.717) is 6.61 Å². The molecular formula is C14H20N2O2. The molecule has 0 aromatic carbocycles. The molecule has 1 spiro atoms. The third-order valence-corrected chi connectivity index (χ3v) is 3.84. The van der Waals surface area contributed by atoms with Gasteiger partial charge in [-0.25, -0.2) is 0 Å². The number of piperidine rings is 1. The fraction of sp³-hybridized carbons (Fsp3) is 0.643. The molecule has 1 aromatic heterocycles. The number of hydrogen-bond acceptors (Lipinski definition) is 4. The summed E-state index contributed by atoms with van der Waals surface area (Å²) in [6.07, 6.45) is 7.22. The predicted octanol–water partition coefficient (Wildman–Crippen LogP) is 1.51. The first-order chi connectivity index (χ1) is 8.86. The van der Waals surface area contributed by atoms with Gasteiger partial charge in [-0.3, -0.25) is 4.98 Å². The van der Waals surface area contributed by atoms with Crippen molar-refractivity contribution in [3.8, 4) is 0 Å². The first-order valence-electron chi connectivity index (χ1n) is 6.72. The summed E-state index contributed by atoms with van der Waals surface area (Å²) in [5.41, 5.74) is 1.22. The zero-order valence-electron chi connectivity index (χ0n) is 10.6. The maximum Gasteiger partial charge on any atom is 0.0841 e. The van der Waals surface area contributed by atoms with Gasteiger partial charge in [-0.2, -0.15) is 0 Å². The van der Waals surface area contributed by atoms with Crippen LogP contribution in [0.1, 0.15) is 24.8 Å². The fourth-order valence-corrected chi connectivity index (χ4v) is 2.84. The maximum atomic E-state index is 5.98. The Hall–Kier alpha value is -0.970. The van der Waals surface area contributed by atoms with Crippen LogP contribution in [-0.4, -0.2) is 36.4 Å². The Morgan fingerprint density at radius 2 is 2.33 bits per heavy atom. The molecule has 0 unspecified atom stereocenters. The molecule has 0 bridgehead atoms. The lowest BCUT2D eigenvalue weighted by Crippen LogP contribution is -2.45. The number of pyridine rings is 1. The van der Waals surface area contributed by atoms with Crippen molar-refractivity contribution >= 4 is 0 Å². The van der Waals surface area contributed by atoms with Gasteiger partial charge in [0.25, 0.3) is 0 Å². The standard InChI is InChI=1S/C14H20N2O2/c1-4-14(11-16-5-1)8-13(10-18-14)17-9-12-2-6-15-7-3-12/h2-3,6-7,13,16H,1,4-5,8-11H2/t13-,14+/m0/s1. The smallest absolute Gasteiger partial charge is 0.0841 e. The highest BCUT2D eigenvalue weighted by Crippen LogP contribution is 2.33. The van der Waals surface area contributed by atoms with Crippen molar-refractivity contribution in [3.05, 3.63) is 30.1 Å². The van der Waals surface area contributed by atoms with Gasteiger partial charge in [0, 0.05) is 25.4 Å². The SMILES string of the molecule is c1cc(CO[C@@H]2CO[C@]3(CCCNC3)C2)ccn1. The molecule has 98 valence electrons. The van der Waals surface area contributed by atoms with E-state index in [-0.39, 0.29) is 11.7 Å². The summed E-state index contributed by atoms with van der Waals surface area (Å²) in [6, 6.07) is 3.99. The summed E-state index contributed by atoms with van der Waals surface area (Å²) in [5, 5.41) is 3.42. The number of hydrogen-bond donors (Lipinski definition) is 1. The van der Waals surface area contributed by atoms with E-state index in [2.05, 4.69) is 10.3 Å². The second-order valence-electron chi connectivity index (χ2n) is 5.27. The van der Waals surface area contributed by atoms with Gasteiger partial charge >= 0.3 is 0 Å². The van der Waals surface area contributed by atoms with E-state index in [4.69, 9.17) is 9.47 Å². The molecule has 0 saturated carbocycles. The molecule has 4 nitrogen and oxygen atoms in total. The fourth-order valence-electron chi connectivity index (χ4n) is 2.84. The number of nitrogens with zero attached hydrogens (tertiary/aromatic N) is 1. The summed E-state index contributed by atoms with van der Waals surface area (Å²) in [4.78, 5) is 4.00. The number of rotatable bonds is 3. The van der Waals surface area contributed by atoms with Crippen LogP contribution in [0.25, 0.3) is 0 Å².